The maximum absolute atomic E-state index is 12.9. The van der Waals surface area contributed by atoms with E-state index in [4.69, 9.17) is 4.74 Å². The van der Waals surface area contributed by atoms with Crippen molar-refractivity contribution in [1.82, 2.24) is 24.4 Å². The van der Waals surface area contributed by atoms with Crippen molar-refractivity contribution >= 4 is 17.1 Å². The normalized spacial score (nSPS) is 13.9. The Balaban J connectivity index is 1.65. The van der Waals surface area contributed by atoms with Gasteiger partial charge in [0.2, 0.25) is 5.91 Å². The molecule has 1 N–H and O–H groups in total. The van der Waals surface area contributed by atoms with Crippen LogP contribution in [0.4, 0.5) is 5.69 Å². The Hall–Kier alpha value is -3.23. The maximum atomic E-state index is 12.9. The maximum Gasteiger partial charge on any atom is 0.293 e. The van der Waals surface area contributed by atoms with E-state index in [0.717, 1.165) is 18.5 Å². The molecule has 1 amide bonds. The third kappa shape index (κ3) is 3.47. The van der Waals surface area contributed by atoms with Crippen LogP contribution in [0.25, 0.3) is 5.52 Å². The number of methoxy groups -OCH3 is 1. The molecule has 4 rings (SSSR count). The average Bonchev–Trinajstić information content (AvgIpc) is 3.42. The summed E-state index contributed by atoms with van der Waals surface area (Å²) in [6, 6.07) is 3.48. The number of ether oxygens (including phenoxy) is 1. The van der Waals surface area contributed by atoms with Gasteiger partial charge in [0.05, 0.1) is 30.9 Å². The minimum Gasteiger partial charge on any atom is -0.495 e. The number of hydrogen-bond acceptors (Lipinski definition) is 6. The quantitative estimate of drug-likeness (QED) is 0.699. The SMILES string of the molecule is COc1cncc(NC(=O)Cn2nc(C(C)C)n3nc(C4CC4)cc3c2=O)c1. The summed E-state index contributed by atoms with van der Waals surface area (Å²) in [6.07, 6.45) is 5.25. The Bertz CT molecular complexity index is 1100. The van der Waals surface area contributed by atoms with Gasteiger partial charge < -0.3 is 10.1 Å². The van der Waals surface area contributed by atoms with E-state index >= 15 is 0 Å². The van der Waals surface area contributed by atoms with Gasteiger partial charge in [-0.2, -0.15) is 10.2 Å². The zero-order valence-corrected chi connectivity index (χ0v) is 16.0. The highest BCUT2D eigenvalue weighted by molar-refractivity contribution is 5.90. The van der Waals surface area contributed by atoms with Crippen LogP contribution in [0.3, 0.4) is 0 Å². The predicted molar refractivity (Wildman–Crippen MR) is 103 cm³/mol. The number of aromatic nitrogens is 5. The van der Waals surface area contributed by atoms with Crippen LogP contribution < -0.4 is 15.6 Å². The highest BCUT2D eigenvalue weighted by Crippen LogP contribution is 2.39. The molecule has 1 saturated carbocycles. The molecule has 0 aromatic carbocycles. The second-order valence-electron chi connectivity index (χ2n) is 7.28. The van der Waals surface area contributed by atoms with Gasteiger partial charge in [-0.05, 0) is 18.9 Å². The van der Waals surface area contributed by atoms with E-state index in [2.05, 4.69) is 20.5 Å². The van der Waals surface area contributed by atoms with E-state index in [1.807, 2.05) is 19.9 Å². The van der Waals surface area contributed by atoms with Crippen molar-refractivity contribution in [1.29, 1.82) is 0 Å². The molecule has 9 nitrogen and oxygen atoms in total. The number of anilines is 1. The van der Waals surface area contributed by atoms with E-state index in [1.54, 1.807) is 16.8 Å². The molecule has 1 fully saturated rings. The van der Waals surface area contributed by atoms with Gasteiger partial charge in [-0.1, -0.05) is 13.8 Å². The summed E-state index contributed by atoms with van der Waals surface area (Å²) < 4.78 is 7.93. The van der Waals surface area contributed by atoms with Crippen molar-refractivity contribution in [2.45, 2.75) is 45.1 Å². The van der Waals surface area contributed by atoms with E-state index in [1.165, 1.54) is 18.0 Å². The number of rotatable bonds is 6. The first-order valence-electron chi connectivity index (χ1n) is 9.26. The first-order chi connectivity index (χ1) is 13.5. The molecule has 0 aliphatic heterocycles. The number of carbonyl (C=O) groups is 1. The smallest absolute Gasteiger partial charge is 0.293 e. The van der Waals surface area contributed by atoms with E-state index in [-0.39, 0.29) is 23.9 Å². The lowest BCUT2D eigenvalue weighted by Gasteiger charge is -2.12. The summed E-state index contributed by atoms with van der Waals surface area (Å²) in [7, 11) is 1.52. The third-order valence-corrected chi connectivity index (χ3v) is 4.66. The van der Waals surface area contributed by atoms with Gasteiger partial charge in [0.15, 0.2) is 5.82 Å². The molecule has 0 spiro atoms. The van der Waals surface area contributed by atoms with Crippen molar-refractivity contribution < 1.29 is 9.53 Å². The molecular weight excluding hydrogens is 360 g/mol. The summed E-state index contributed by atoms with van der Waals surface area (Å²) >= 11 is 0. The number of nitrogens with one attached hydrogen (secondary N) is 1. The molecule has 3 aromatic heterocycles. The summed E-state index contributed by atoms with van der Waals surface area (Å²) in [5.74, 6) is 1.29. The molecule has 0 saturated heterocycles. The van der Waals surface area contributed by atoms with E-state index < -0.39 is 0 Å². The molecule has 0 radical (unpaired) electrons. The molecule has 28 heavy (non-hydrogen) atoms. The molecule has 3 aromatic rings. The molecule has 0 unspecified atom stereocenters. The zero-order chi connectivity index (χ0) is 19.8. The fourth-order valence-electron chi connectivity index (χ4n) is 3.05. The number of fused-ring (bicyclic) bond motifs is 1. The Morgan fingerprint density at radius 3 is 2.75 bits per heavy atom. The Morgan fingerprint density at radius 2 is 2.07 bits per heavy atom. The van der Waals surface area contributed by atoms with Gasteiger partial charge in [0.25, 0.3) is 5.56 Å². The largest absolute Gasteiger partial charge is 0.495 e. The predicted octanol–water partition coefficient (Wildman–Crippen LogP) is 1.93. The lowest BCUT2D eigenvalue weighted by atomic mass is 10.2. The molecular formula is C19H22N6O3. The Labute approximate surface area is 161 Å². The molecule has 9 heteroatoms. The van der Waals surface area contributed by atoms with Crippen molar-refractivity contribution in [3.05, 3.63) is 46.4 Å². The second-order valence-corrected chi connectivity index (χ2v) is 7.28. The van der Waals surface area contributed by atoms with Gasteiger partial charge in [-0.15, -0.1) is 0 Å². The second kappa shape index (κ2) is 7.06. The van der Waals surface area contributed by atoms with Crippen LogP contribution in [-0.4, -0.2) is 37.4 Å². The van der Waals surface area contributed by atoms with Crippen LogP contribution in [0.15, 0.2) is 29.3 Å². The summed E-state index contributed by atoms with van der Waals surface area (Å²) in [4.78, 5) is 29.3. The monoisotopic (exact) mass is 382 g/mol. The number of carbonyl (C=O) groups excluding carboxylic acids is 1. The Morgan fingerprint density at radius 1 is 1.29 bits per heavy atom. The molecule has 1 aliphatic carbocycles. The minimum atomic E-state index is -0.370. The van der Waals surface area contributed by atoms with E-state index in [9.17, 15) is 9.59 Å². The van der Waals surface area contributed by atoms with Crippen molar-refractivity contribution in [2.24, 2.45) is 0 Å². The van der Waals surface area contributed by atoms with Crippen LogP contribution in [0.2, 0.25) is 0 Å². The van der Waals surface area contributed by atoms with Gasteiger partial charge in [0.1, 0.15) is 17.8 Å². The first kappa shape index (κ1) is 18.1. The Kier molecular flexibility index (Phi) is 4.58. The van der Waals surface area contributed by atoms with Crippen molar-refractivity contribution in [3.63, 3.8) is 0 Å². The summed E-state index contributed by atoms with van der Waals surface area (Å²) in [6.45, 7) is 3.77. The molecule has 1 aliphatic rings. The van der Waals surface area contributed by atoms with E-state index in [0.29, 0.717) is 28.7 Å². The number of nitrogens with zero attached hydrogens (tertiary/aromatic N) is 5. The van der Waals surface area contributed by atoms with Crippen LogP contribution in [0.5, 0.6) is 5.75 Å². The van der Waals surface area contributed by atoms with Crippen LogP contribution in [0, 0.1) is 0 Å². The van der Waals surface area contributed by atoms with Crippen molar-refractivity contribution in [3.8, 4) is 5.75 Å². The van der Waals surface area contributed by atoms with Gasteiger partial charge in [-0.25, -0.2) is 9.20 Å². The highest BCUT2D eigenvalue weighted by Gasteiger charge is 2.28. The summed E-state index contributed by atoms with van der Waals surface area (Å²) in [5, 5.41) is 11.7. The molecule has 0 bridgehead atoms. The molecule has 3 heterocycles. The molecule has 146 valence electrons. The van der Waals surface area contributed by atoms with Crippen molar-refractivity contribution in [2.75, 3.05) is 12.4 Å². The van der Waals surface area contributed by atoms with Gasteiger partial charge in [-0.3, -0.25) is 14.6 Å². The van der Waals surface area contributed by atoms with Gasteiger partial charge in [0, 0.05) is 17.9 Å². The van der Waals surface area contributed by atoms with Crippen LogP contribution >= 0.6 is 0 Å². The average molecular weight is 382 g/mol. The topological polar surface area (TPSA) is 103 Å². The lowest BCUT2D eigenvalue weighted by molar-refractivity contribution is -0.117. The number of hydrogen-bond donors (Lipinski definition) is 1. The summed E-state index contributed by atoms with van der Waals surface area (Å²) in [5.41, 5.74) is 1.53. The third-order valence-electron chi connectivity index (χ3n) is 4.66. The van der Waals surface area contributed by atoms with Crippen LogP contribution in [-0.2, 0) is 11.3 Å². The molecule has 0 atom stereocenters. The fourth-order valence-corrected chi connectivity index (χ4v) is 3.05. The fraction of sp³-hybridized carbons (Fsp3) is 0.421. The van der Waals surface area contributed by atoms with Gasteiger partial charge >= 0.3 is 0 Å². The number of amides is 1. The zero-order valence-electron chi connectivity index (χ0n) is 16.0. The van der Waals surface area contributed by atoms with Crippen LogP contribution in [0.1, 0.15) is 50.0 Å². The highest BCUT2D eigenvalue weighted by atomic mass is 16.5. The standard InChI is InChI=1S/C19H22N6O3/c1-11(2)18-23-24(10-17(26)21-13-6-14(28-3)9-20-8-13)19(27)16-7-15(12-4-5-12)22-25(16)18/h6-9,11-12H,4-5,10H2,1-3H3,(H,21,26). The number of pyridine rings is 1. The first-order valence-corrected chi connectivity index (χ1v) is 9.26. The minimum absolute atomic E-state index is 0.0481. The lowest BCUT2D eigenvalue weighted by Crippen LogP contribution is -2.32.